The summed E-state index contributed by atoms with van der Waals surface area (Å²) in [5.74, 6) is 0.658. The Kier molecular flexibility index (Phi) is 4.50. The largest absolute Gasteiger partial charge is 0.381 e. The van der Waals surface area contributed by atoms with Crippen LogP contribution in [-0.2, 0) is 16.1 Å². The lowest BCUT2D eigenvalue weighted by Crippen LogP contribution is -2.35. The van der Waals surface area contributed by atoms with Gasteiger partial charge in [-0.25, -0.2) is 4.98 Å². The van der Waals surface area contributed by atoms with E-state index in [4.69, 9.17) is 4.74 Å². The first-order valence-corrected chi connectivity index (χ1v) is 6.89. The molecule has 1 atom stereocenters. The highest BCUT2D eigenvalue weighted by Crippen LogP contribution is 2.23. The Balaban J connectivity index is 1.78. The minimum atomic E-state index is 0.0684. The van der Waals surface area contributed by atoms with Gasteiger partial charge in [-0.15, -0.1) is 11.3 Å². The summed E-state index contributed by atoms with van der Waals surface area (Å²) in [7, 11) is 0. The van der Waals surface area contributed by atoms with Crippen LogP contribution in [0.1, 0.15) is 24.8 Å². The minimum absolute atomic E-state index is 0.0684. The molecular weight excluding hydrogens is 236 g/mol. The van der Waals surface area contributed by atoms with Crippen molar-refractivity contribution in [2.45, 2.75) is 26.3 Å². The molecule has 1 aromatic rings. The SMILES string of the molecule is CC(C(=O)NCc1nccs1)C1CCOCC1. The van der Waals surface area contributed by atoms with Gasteiger partial charge < -0.3 is 10.1 Å². The first-order valence-electron chi connectivity index (χ1n) is 6.01. The molecule has 2 rings (SSSR count). The van der Waals surface area contributed by atoms with E-state index in [1.54, 1.807) is 17.5 Å². The average molecular weight is 254 g/mol. The second kappa shape index (κ2) is 6.12. The van der Waals surface area contributed by atoms with E-state index in [0.29, 0.717) is 12.5 Å². The molecule has 1 aromatic heterocycles. The van der Waals surface area contributed by atoms with Crippen LogP contribution in [0.3, 0.4) is 0 Å². The van der Waals surface area contributed by atoms with Crippen LogP contribution in [0.5, 0.6) is 0 Å². The molecule has 94 valence electrons. The van der Waals surface area contributed by atoms with Crippen LogP contribution in [-0.4, -0.2) is 24.1 Å². The molecule has 2 heterocycles. The monoisotopic (exact) mass is 254 g/mol. The zero-order valence-corrected chi connectivity index (χ0v) is 10.8. The Labute approximate surface area is 105 Å². The van der Waals surface area contributed by atoms with Gasteiger partial charge >= 0.3 is 0 Å². The normalized spacial score (nSPS) is 18.9. The standard InChI is InChI=1S/C12H18N2O2S/c1-9(10-2-5-16-6-3-10)12(15)14-8-11-13-4-7-17-11/h4,7,9-10H,2-3,5-6,8H2,1H3,(H,14,15). The molecule has 1 aliphatic heterocycles. The van der Waals surface area contributed by atoms with Crippen LogP contribution in [0.15, 0.2) is 11.6 Å². The van der Waals surface area contributed by atoms with Crippen LogP contribution in [0.25, 0.3) is 0 Å². The van der Waals surface area contributed by atoms with Crippen molar-refractivity contribution >= 4 is 17.2 Å². The van der Waals surface area contributed by atoms with Gasteiger partial charge in [0.05, 0.1) is 6.54 Å². The third-order valence-electron chi connectivity index (χ3n) is 3.28. The number of carbonyl (C=O) groups excluding carboxylic acids is 1. The first-order chi connectivity index (χ1) is 8.27. The van der Waals surface area contributed by atoms with E-state index in [0.717, 1.165) is 31.1 Å². The topological polar surface area (TPSA) is 51.2 Å². The first kappa shape index (κ1) is 12.5. The molecule has 0 spiro atoms. The van der Waals surface area contributed by atoms with Gasteiger partial charge in [0, 0.05) is 30.7 Å². The Hall–Kier alpha value is -0.940. The molecule has 4 nitrogen and oxygen atoms in total. The molecule has 1 saturated heterocycles. The number of nitrogens with one attached hydrogen (secondary N) is 1. The predicted molar refractivity (Wildman–Crippen MR) is 66.7 cm³/mol. The molecule has 1 fully saturated rings. The van der Waals surface area contributed by atoms with Crippen LogP contribution in [0, 0.1) is 11.8 Å². The number of thiazole rings is 1. The molecule has 0 aromatic carbocycles. The fourth-order valence-electron chi connectivity index (χ4n) is 2.09. The molecule has 0 saturated carbocycles. The number of carbonyl (C=O) groups is 1. The third kappa shape index (κ3) is 3.51. The number of ether oxygens (including phenoxy) is 1. The van der Waals surface area contributed by atoms with E-state index in [1.165, 1.54) is 0 Å². The lowest BCUT2D eigenvalue weighted by molar-refractivity contribution is -0.127. The van der Waals surface area contributed by atoms with Gasteiger partial charge in [-0.3, -0.25) is 4.79 Å². The summed E-state index contributed by atoms with van der Waals surface area (Å²) >= 11 is 1.57. The van der Waals surface area contributed by atoms with Crippen molar-refractivity contribution in [3.05, 3.63) is 16.6 Å². The summed E-state index contributed by atoms with van der Waals surface area (Å²) in [5, 5.41) is 5.83. The number of aromatic nitrogens is 1. The van der Waals surface area contributed by atoms with Gasteiger partial charge in [0.15, 0.2) is 0 Å². The number of rotatable bonds is 4. The molecule has 1 aliphatic rings. The molecule has 1 N–H and O–H groups in total. The Morgan fingerprint density at radius 1 is 1.65 bits per heavy atom. The van der Waals surface area contributed by atoms with E-state index in [-0.39, 0.29) is 11.8 Å². The molecular formula is C12H18N2O2S. The summed E-state index contributed by atoms with van der Waals surface area (Å²) in [4.78, 5) is 16.1. The summed E-state index contributed by atoms with van der Waals surface area (Å²) in [6.45, 7) is 4.13. The lowest BCUT2D eigenvalue weighted by atomic mass is 9.87. The van der Waals surface area contributed by atoms with Crippen LogP contribution < -0.4 is 5.32 Å². The van der Waals surface area contributed by atoms with Gasteiger partial charge in [0.2, 0.25) is 5.91 Å². The summed E-state index contributed by atoms with van der Waals surface area (Å²) in [5.41, 5.74) is 0. The molecule has 5 heteroatoms. The third-order valence-corrected chi connectivity index (χ3v) is 4.06. The van der Waals surface area contributed by atoms with Crippen molar-refractivity contribution in [1.82, 2.24) is 10.3 Å². The van der Waals surface area contributed by atoms with Gasteiger partial charge in [0.25, 0.3) is 0 Å². The molecule has 17 heavy (non-hydrogen) atoms. The van der Waals surface area contributed by atoms with Crippen molar-refractivity contribution in [3.63, 3.8) is 0 Å². The smallest absolute Gasteiger partial charge is 0.223 e. The van der Waals surface area contributed by atoms with Gasteiger partial charge in [-0.2, -0.15) is 0 Å². The van der Waals surface area contributed by atoms with Crippen LogP contribution in [0.2, 0.25) is 0 Å². The van der Waals surface area contributed by atoms with E-state index in [1.807, 2.05) is 12.3 Å². The highest BCUT2D eigenvalue weighted by atomic mass is 32.1. The van der Waals surface area contributed by atoms with Crippen LogP contribution >= 0.6 is 11.3 Å². The lowest BCUT2D eigenvalue weighted by Gasteiger charge is -2.26. The summed E-state index contributed by atoms with van der Waals surface area (Å²) in [6.07, 6.45) is 3.74. The maximum Gasteiger partial charge on any atom is 0.223 e. The molecule has 1 amide bonds. The Bertz CT molecular complexity index is 347. The average Bonchev–Trinajstić information content (AvgIpc) is 2.89. The minimum Gasteiger partial charge on any atom is -0.381 e. The number of amides is 1. The van der Waals surface area contributed by atoms with E-state index in [2.05, 4.69) is 10.3 Å². The van der Waals surface area contributed by atoms with E-state index >= 15 is 0 Å². The summed E-state index contributed by atoms with van der Waals surface area (Å²) in [6, 6.07) is 0. The highest BCUT2D eigenvalue weighted by Gasteiger charge is 2.25. The zero-order chi connectivity index (χ0) is 12.1. The quantitative estimate of drug-likeness (QED) is 0.891. The van der Waals surface area contributed by atoms with Crippen molar-refractivity contribution < 1.29 is 9.53 Å². The van der Waals surface area contributed by atoms with Crippen molar-refractivity contribution in [2.75, 3.05) is 13.2 Å². The fraction of sp³-hybridized carbons (Fsp3) is 0.667. The molecule has 0 bridgehead atoms. The summed E-state index contributed by atoms with van der Waals surface area (Å²) < 4.78 is 5.31. The second-order valence-electron chi connectivity index (χ2n) is 4.38. The fourth-order valence-corrected chi connectivity index (χ4v) is 2.65. The zero-order valence-electron chi connectivity index (χ0n) is 10.0. The van der Waals surface area contributed by atoms with E-state index in [9.17, 15) is 4.79 Å². The predicted octanol–water partition coefficient (Wildman–Crippen LogP) is 1.82. The Morgan fingerprint density at radius 3 is 3.06 bits per heavy atom. The van der Waals surface area contributed by atoms with Crippen molar-refractivity contribution in [1.29, 1.82) is 0 Å². The van der Waals surface area contributed by atoms with Crippen molar-refractivity contribution in [2.24, 2.45) is 11.8 Å². The molecule has 0 aliphatic carbocycles. The van der Waals surface area contributed by atoms with Gasteiger partial charge in [-0.1, -0.05) is 6.92 Å². The molecule has 0 radical (unpaired) electrons. The van der Waals surface area contributed by atoms with Gasteiger partial charge in [-0.05, 0) is 18.8 Å². The number of hydrogen-bond donors (Lipinski definition) is 1. The second-order valence-corrected chi connectivity index (χ2v) is 5.36. The number of hydrogen-bond acceptors (Lipinski definition) is 4. The van der Waals surface area contributed by atoms with E-state index < -0.39 is 0 Å². The molecule has 1 unspecified atom stereocenters. The van der Waals surface area contributed by atoms with Crippen LogP contribution in [0.4, 0.5) is 0 Å². The number of nitrogens with zero attached hydrogens (tertiary/aromatic N) is 1. The maximum atomic E-state index is 12.0. The van der Waals surface area contributed by atoms with Gasteiger partial charge in [0.1, 0.15) is 5.01 Å². The highest BCUT2D eigenvalue weighted by molar-refractivity contribution is 7.09. The Morgan fingerprint density at radius 2 is 2.41 bits per heavy atom. The van der Waals surface area contributed by atoms with Crippen molar-refractivity contribution in [3.8, 4) is 0 Å². The maximum absolute atomic E-state index is 12.0.